The Morgan fingerprint density at radius 1 is 1.24 bits per heavy atom. The van der Waals surface area contributed by atoms with Crippen molar-refractivity contribution < 1.29 is 9.47 Å². The van der Waals surface area contributed by atoms with Crippen LogP contribution in [-0.2, 0) is 5.75 Å². The van der Waals surface area contributed by atoms with Crippen LogP contribution < -0.4 is 15.2 Å². The number of hydrogen-bond donors (Lipinski definition) is 1. The Bertz CT molecular complexity index is 409. The number of hydrogen-bond acceptors (Lipinski definition) is 4. The Morgan fingerprint density at radius 3 is 2.53 bits per heavy atom. The van der Waals surface area contributed by atoms with E-state index in [-0.39, 0.29) is 6.04 Å². The van der Waals surface area contributed by atoms with Crippen LogP contribution >= 0.6 is 11.8 Å². The molecule has 1 heterocycles. The van der Waals surface area contributed by atoms with Gasteiger partial charge in [0.15, 0.2) is 0 Å². The molecule has 2 unspecified atom stereocenters. The molecular weight excluding hydrogens is 234 g/mol. The van der Waals surface area contributed by atoms with Crippen LogP contribution in [0.3, 0.4) is 0 Å². The molecule has 0 fully saturated rings. The zero-order valence-corrected chi connectivity index (χ0v) is 11.3. The topological polar surface area (TPSA) is 44.5 Å². The van der Waals surface area contributed by atoms with Crippen molar-refractivity contribution in [2.75, 3.05) is 20.0 Å². The molecule has 2 N–H and O–H groups in total. The number of methoxy groups -OCH3 is 2. The van der Waals surface area contributed by atoms with Gasteiger partial charge in [0, 0.05) is 22.9 Å². The SMILES string of the molecule is COc1ccc(OC)c2c1CSCC(C)C2N. The molecular formula is C13H19NO2S. The molecule has 0 bridgehead atoms. The van der Waals surface area contributed by atoms with Gasteiger partial charge in [0.2, 0.25) is 0 Å². The Hall–Kier alpha value is -0.870. The first-order valence-electron chi connectivity index (χ1n) is 5.76. The second-order valence-electron chi connectivity index (χ2n) is 4.38. The summed E-state index contributed by atoms with van der Waals surface area (Å²) in [6.45, 7) is 2.19. The van der Waals surface area contributed by atoms with Gasteiger partial charge in [-0.05, 0) is 23.8 Å². The lowest BCUT2D eigenvalue weighted by atomic mass is 9.92. The van der Waals surface area contributed by atoms with Gasteiger partial charge in [-0.25, -0.2) is 0 Å². The van der Waals surface area contributed by atoms with Crippen LogP contribution in [-0.4, -0.2) is 20.0 Å². The smallest absolute Gasteiger partial charge is 0.124 e. The van der Waals surface area contributed by atoms with Crippen LogP contribution in [0.1, 0.15) is 24.1 Å². The van der Waals surface area contributed by atoms with Crippen LogP contribution in [0.2, 0.25) is 0 Å². The van der Waals surface area contributed by atoms with Crippen molar-refractivity contribution in [2.24, 2.45) is 11.7 Å². The molecule has 1 aromatic rings. The third kappa shape index (κ3) is 2.24. The fourth-order valence-corrected chi connectivity index (χ4v) is 3.44. The summed E-state index contributed by atoms with van der Waals surface area (Å²) in [6.07, 6.45) is 0. The summed E-state index contributed by atoms with van der Waals surface area (Å²) in [6, 6.07) is 3.92. The lowest BCUT2D eigenvalue weighted by Gasteiger charge is -2.22. The monoisotopic (exact) mass is 253 g/mol. The molecule has 0 aromatic heterocycles. The van der Waals surface area contributed by atoms with E-state index in [4.69, 9.17) is 15.2 Å². The summed E-state index contributed by atoms with van der Waals surface area (Å²) in [7, 11) is 3.39. The highest BCUT2D eigenvalue weighted by Gasteiger charge is 2.27. The van der Waals surface area contributed by atoms with Crippen LogP contribution in [0.25, 0.3) is 0 Å². The number of fused-ring (bicyclic) bond motifs is 1. The van der Waals surface area contributed by atoms with Gasteiger partial charge in [-0.1, -0.05) is 6.92 Å². The molecule has 1 aliphatic heterocycles. The largest absolute Gasteiger partial charge is 0.496 e. The van der Waals surface area contributed by atoms with E-state index in [1.165, 1.54) is 5.56 Å². The predicted octanol–water partition coefficient (Wildman–Crippen LogP) is 2.59. The molecule has 2 atom stereocenters. The molecule has 94 valence electrons. The van der Waals surface area contributed by atoms with Crippen molar-refractivity contribution in [2.45, 2.75) is 18.7 Å². The van der Waals surface area contributed by atoms with Crippen LogP contribution in [0.15, 0.2) is 12.1 Å². The number of thioether (sulfide) groups is 1. The maximum absolute atomic E-state index is 6.34. The van der Waals surface area contributed by atoms with Gasteiger partial charge in [-0.3, -0.25) is 0 Å². The molecule has 1 aromatic carbocycles. The molecule has 2 rings (SSSR count). The Morgan fingerprint density at radius 2 is 1.88 bits per heavy atom. The van der Waals surface area contributed by atoms with Gasteiger partial charge in [0.1, 0.15) is 11.5 Å². The normalized spacial score (nSPS) is 23.8. The number of nitrogens with two attached hydrogens (primary N) is 1. The van der Waals surface area contributed by atoms with Gasteiger partial charge in [-0.2, -0.15) is 11.8 Å². The minimum atomic E-state index is 0.0186. The van der Waals surface area contributed by atoms with E-state index in [2.05, 4.69) is 6.92 Å². The zero-order valence-electron chi connectivity index (χ0n) is 10.5. The maximum atomic E-state index is 6.34. The molecule has 0 amide bonds. The van der Waals surface area contributed by atoms with E-state index in [9.17, 15) is 0 Å². The van der Waals surface area contributed by atoms with E-state index in [1.54, 1.807) is 14.2 Å². The van der Waals surface area contributed by atoms with Crippen LogP contribution in [0, 0.1) is 5.92 Å². The third-order valence-electron chi connectivity index (χ3n) is 3.29. The van der Waals surface area contributed by atoms with E-state index in [0.717, 1.165) is 28.6 Å². The molecule has 0 radical (unpaired) electrons. The first kappa shape index (κ1) is 12.6. The second kappa shape index (κ2) is 5.19. The molecule has 0 saturated heterocycles. The van der Waals surface area contributed by atoms with E-state index in [0.29, 0.717) is 5.92 Å². The highest BCUT2D eigenvalue weighted by molar-refractivity contribution is 7.98. The lowest BCUT2D eigenvalue weighted by Crippen LogP contribution is -2.21. The summed E-state index contributed by atoms with van der Waals surface area (Å²) < 4.78 is 10.9. The summed E-state index contributed by atoms with van der Waals surface area (Å²) in [5.74, 6) is 4.25. The maximum Gasteiger partial charge on any atom is 0.124 e. The molecule has 0 spiro atoms. The fraction of sp³-hybridized carbons (Fsp3) is 0.538. The molecule has 0 saturated carbocycles. The van der Waals surface area contributed by atoms with E-state index >= 15 is 0 Å². The van der Waals surface area contributed by atoms with Crippen molar-refractivity contribution in [1.29, 1.82) is 0 Å². The molecule has 17 heavy (non-hydrogen) atoms. The van der Waals surface area contributed by atoms with Crippen molar-refractivity contribution in [3.8, 4) is 11.5 Å². The predicted molar refractivity (Wildman–Crippen MR) is 71.8 cm³/mol. The molecule has 3 nitrogen and oxygen atoms in total. The van der Waals surface area contributed by atoms with Crippen LogP contribution in [0.4, 0.5) is 0 Å². The Balaban J connectivity index is 2.58. The van der Waals surface area contributed by atoms with Gasteiger partial charge >= 0.3 is 0 Å². The number of benzene rings is 1. The minimum Gasteiger partial charge on any atom is -0.496 e. The zero-order chi connectivity index (χ0) is 12.4. The molecule has 4 heteroatoms. The van der Waals surface area contributed by atoms with Crippen molar-refractivity contribution in [1.82, 2.24) is 0 Å². The quantitative estimate of drug-likeness (QED) is 0.880. The Labute approximate surface area is 107 Å². The number of rotatable bonds is 2. The first-order valence-corrected chi connectivity index (χ1v) is 6.91. The standard InChI is InChI=1S/C13H19NO2S/c1-8-6-17-7-9-10(15-2)4-5-11(16-3)12(9)13(8)14/h4-5,8,13H,6-7,14H2,1-3H3. The minimum absolute atomic E-state index is 0.0186. The van der Waals surface area contributed by atoms with Gasteiger partial charge in [0.05, 0.1) is 14.2 Å². The average Bonchev–Trinajstić information content (AvgIpc) is 2.50. The van der Waals surface area contributed by atoms with E-state index in [1.807, 2.05) is 23.9 Å². The van der Waals surface area contributed by atoms with Crippen molar-refractivity contribution in [3.05, 3.63) is 23.3 Å². The number of ether oxygens (including phenoxy) is 2. The third-order valence-corrected chi connectivity index (χ3v) is 4.54. The van der Waals surface area contributed by atoms with Crippen LogP contribution in [0.5, 0.6) is 11.5 Å². The highest BCUT2D eigenvalue weighted by Crippen LogP contribution is 2.42. The van der Waals surface area contributed by atoms with Crippen molar-refractivity contribution >= 4 is 11.8 Å². The highest BCUT2D eigenvalue weighted by atomic mass is 32.2. The van der Waals surface area contributed by atoms with Gasteiger partial charge < -0.3 is 15.2 Å². The summed E-state index contributed by atoms with van der Waals surface area (Å²) in [5.41, 5.74) is 8.64. The second-order valence-corrected chi connectivity index (χ2v) is 5.41. The fourth-order valence-electron chi connectivity index (χ4n) is 2.24. The lowest BCUT2D eigenvalue weighted by molar-refractivity contribution is 0.386. The first-order chi connectivity index (χ1) is 8.19. The average molecular weight is 253 g/mol. The summed E-state index contributed by atoms with van der Waals surface area (Å²) >= 11 is 1.90. The molecule has 1 aliphatic rings. The van der Waals surface area contributed by atoms with E-state index < -0.39 is 0 Å². The Kier molecular flexibility index (Phi) is 3.84. The van der Waals surface area contributed by atoms with Gasteiger partial charge in [0.25, 0.3) is 0 Å². The van der Waals surface area contributed by atoms with Crippen molar-refractivity contribution in [3.63, 3.8) is 0 Å². The summed E-state index contributed by atoms with van der Waals surface area (Å²) in [4.78, 5) is 0. The van der Waals surface area contributed by atoms with Gasteiger partial charge in [-0.15, -0.1) is 0 Å². The molecule has 0 aliphatic carbocycles. The summed E-state index contributed by atoms with van der Waals surface area (Å²) in [5, 5.41) is 0.